The lowest BCUT2D eigenvalue weighted by molar-refractivity contribution is 0.193. The average molecular weight is 383 g/mol. The summed E-state index contributed by atoms with van der Waals surface area (Å²) in [5, 5.41) is 7.46. The lowest BCUT2D eigenvalue weighted by Gasteiger charge is -2.22. The molecule has 27 heavy (non-hydrogen) atoms. The average Bonchev–Trinajstić information content (AvgIpc) is 3.33. The van der Waals surface area contributed by atoms with Gasteiger partial charge < -0.3 is 14.7 Å². The van der Waals surface area contributed by atoms with Crippen molar-refractivity contribution in [2.75, 3.05) is 11.9 Å². The number of carbonyl (C=O) groups is 1. The molecule has 138 valence electrons. The number of hydrogen-bond acceptors (Lipinski definition) is 4. The lowest BCUT2D eigenvalue weighted by Crippen LogP contribution is -2.34. The van der Waals surface area contributed by atoms with Gasteiger partial charge in [-0.05, 0) is 38.0 Å². The number of nitrogens with one attached hydrogen (secondary N) is 1. The highest BCUT2D eigenvalue weighted by Gasteiger charge is 2.34. The van der Waals surface area contributed by atoms with Crippen LogP contribution in [-0.2, 0) is 0 Å². The van der Waals surface area contributed by atoms with Crippen LogP contribution in [0.3, 0.4) is 0 Å². The van der Waals surface area contributed by atoms with E-state index in [1.807, 2.05) is 43.3 Å². The molecule has 2 heterocycles. The molecule has 1 unspecified atom stereocenters. The van der Waals surface area contributed by atoms with E-state index in [9.17, 15) is 4.79 Å². The van der Waals surface area contributed by atoms with Gasteiger partial charge in [-0.15, -0.1) is 0 Å². The van der Waals surface area contributed by atoms with Crippen molar-refractivity contribution < 1.29 is 9.32 Å². The number of hydrogen-bond donors (Lipinski definition) is 1. The minimum atomic E-state index is -0.237. The Morgan fingerprint density at radius 2 is 2.11 bits per heavy atom. The smallest absolute Gasteiger partial charge is 0.322 e. The summed E-state index contributed by atoms with van der Waals surface area (Å²) in [6.07, 6.45) is 1.66. The first kappa shape index (κ1) is 17.5. The first-order chi connectivity index (χ1) is 13.1. The van der Waals surface area contributed by atoms with Crippen molar-refractivity contribution in [3.63, 3.8) is 0 Å². The van der Waals surface area contributed by atoms with Gasteiger partial charge in [0.2, 0.25) is 11.7 Å². The van der Waals surface area contributed by atoms with E-state index in [0.717, 1.165) is 24.0 Å². The third-order valence-corrected chi connectivity index (χ3v) is 4.96. The molecule has 4 rings (SSSR count). The van der Waals surface area contributed by atoms with Crippen LogP contribution in [0.2, 0.25) is 5.02 Å². The van der Waals surface area contributed by atoms with Crippen molar-refractivity contribution in [2.45, 2.75) is 25.8 Å². The molecule has 0 aliphatic carbocycles. The summed E-state index contributed by atoms with van der Waals surface area (Å²) < 4.78 is 5.49. The Morgan fingerprint density at radius 1 is 1.26 bits per heavy atom. The van der Waals surface area contributed by atoms with Crippen LogP contribution in [0.15, 0.2) is 53.1 Å². The zero-order valence-corrected chi connectivity index (χ0v) is 15.6. The molecule has 1 aromatic heterocycles. The molecule has 6 nitrogen and oxygen atoms in total. The molecule has 0 saturated carbocycles. The zero-order chi connectivity index (χ0) is 18.8. The Balaban J connectivity index is 1.53. The zero-order valence-electron chi connectivity index (χ0n) is 14.9. The third-order valence-electron chi connectivity index (χ3n) is 4.63. The second-order valence-electron chi connectivity index (χ2n) is 6.59. The molecule has 0 bridgehead atoms. The summed E-state index contributed by atoms with van der Waals surface area (Å²) in [4.78, 5) is 19.0. The first-order valence-corrected chi connectivity index (χ1v) is 9.22. The summed E-state index contributed by atoms with van der Waals surface area (Å²) >= 11 is 6.14. The highest BCUT2D eigenvalue weighted by Crippen LogP contribution is 2.33. The van der Waals surface area contributed by atoms with E-state index in [1.165, 1.54) is 0 Å². The second kappa shape index (κ2) is 7.40. The topological polar surface area (TPSA) is 71.3 Å². The van der Waals surface area contributed by atoms with Crippen LogP contribution in [0.1, 0.15) is 30.3 Å². The maximum Gasteiger partial charge on any atom is 0.322 e. The lowest BCUT2D eigenvalue weighted by atomic mass is 10.1. The summed E-state index contributed by atoms with van der Waals surface area (Å²) in [6.45, 7) is 2.64. The minimum Gasteiger partial charge on any atom is -0.337 e. The molecule has 2 aromatic carbocycles. The minimum absolute atomic E-state index is 0.221. The van der Waals surface area contributed by atoms with Gasteiger partial charge in [0.1, 0.15) is 6.04 Å². The van der Waals surface area contributed by atoms with Gasteiger partial charge in [0.15, 0.2) is 0 Å². The maximum absolute atomic E-state index is 12.7. The van der Waals surface area contributed by atoms with Gasteiger partial charge in [-0.25, -0.2) is 4.79 Å². The summed E-state index contributed by atoms with van der Waals surface area (Å²) in [5.74, 6) is 0.991. The Hall–Kier alpha value is -2.86. The molecule has 2 amide bonds. The maximum atomic E-state index is 12.7. The Bertz CT molecular complexity index is 972. The molecular weight excluding hydrogens is 364 g/mol. The number of urea groups is 1. The van der Waals surface area contributed by atoms with E-state index in [4.69, 9.17) is 16.1 Å². The molecule has 1 N–H and O–H groups in total. The fourth-order valence-electron chi connectivity index (χ4n) is 3.29. The number of para-hydroxylation sites is 1. The van der Waals surface area contributed by atoms with Gasteiger partial charge in [0, 0.05) is 12.1 Å². The number of rotatable bonds is 3. The molecule has 1 atom stereocenters. The van der Waals surface area contributed by atoms with E-state index < -0.39 is 0 Å². The number of aromatic nitrogens is 2. The number of benzene rings is 2. The summed E-state index contributed by atoms with van der Waals surface area (Å²) in [6, 6.07) is 14.6. The normalized spacial score (nSPS) is 16.5. The third kappa shape index (κ3) is 3.66. The SMILES string of the molecule is Cc1cccc(-c2noc(C3CCCN3C(=O)Nc3ccccc3Cl)n2)c1. The molecular formula is C20H19ClN4O2. The fourth-order valence-corrected chi connectivity index (χ4v) is 3.47. The number of nitrogens with zero attached hydrogens (tertiary/aromatic N) is 3. The second-order valence-corrected chi connectivity index (χ2v) is 6.99. The van der Waals surface area contributed by atoms with Crippen LogP contribution in [0.5, 0.6) is 0 Å². The number of anilines is 1. The standard InChI is InChI=1S/C20H19ClN4O2/c1-13-6-4-7-14(12-13)18-23-19(27-24-18)17-10-5-11-25(17)20(26)22-16-9-3-2-8-15(16)21/h2-4,6-9,12,17H,5,10-11H2,1H3,(H,22,26). The Kier molecular flexibility index (Phi) is 4.81. The quantitative estimate of drug-likeness (QED) is 0.686. The largest absolute Gasteiger partial charge is 0.337 e. The molecule has 1 saturated heterocycles. The van der Waals surface area contributed by atoms with Gasteiger partial charge >= 0.3 is 6.03 Å². The van der Waals surface area contributed by atoms with Crippen LogP contribution in [0, 0.1) is 6.92 Å². The molecule has 1 aliphatic rings. The predicted molar refractivity (Wildman–Crippen MR) is 104 cm³/mol. The Labute approximate surface area is 162 Å². The number of likely N-dealkylation sites (tertiary alicyclic amines) is 1. The van der Waals surface area contributed by atoms with E-state index in [0.29, 0.717) is 29.0 Å². The molecule has 0 radical (unpaired) electrons. The van der Waals surface area contributed by atoms with Crippen molar-refractivity contribution >= 4 is 23.3 Å². The molecule has 0 spiro atoms. The monoisotopic (exact) mass is 382 g/mol. The van der Waals surface area contributed by atoms with E-state index in [2.05, 4.69) is 15.5 Å². The van der Waals surface area contributed by atoms with Gasteiger partial charge in [-0.1, -0.05) is 52.7 Å². The van der Waals surface area contributed by atoms with Gasteiger partial charge in [0.05, 0.1) is 10.7 Å². The van der Waals surface area contributed by atoms with Crippen molar-refractivity contribution in [2.24, 2.45) is 0 Å². The van der Waals surface area contributed by atoms with E-state index in [-0.39, 0.29) is 12.1 Å². The van der Waals surface area contributed by atoms with Crippen LogP contribution < -0.4 is 5.32 Å². The van der Waals surface area contributed by atoms with E-state index >= 15 is 0 Å². The number of aryl methyl sites for hydroxylation is 1. The fraction of sp³-hybridized carbons (Fsp3) is 0.250. The number of amides is 2. The van der Waals surface area contributed by atoms with Crippen molar-refractivity contribution in [3.8, 4) is 11.4 Å². The van der Waals surface area contributed by atoms with Crippen LogP contribution in [0.25, 0.3) is 11.4 Å². The van der Waals surface area contributed by atoms with E-state index in [1.54, 1.807) is 17.0 Å². The molecule has 1 aliphatic heterocycles. The van der Waals surface area contributed by atoms with Gasteiger partial charge in [-0.2, -0.15) is 4.98 Å². The van der Waals surface area contributed by atoms with Crippen molar-refractivity contribution in [1.82, 2.24) is 15.0 Å². The number of halogens is 1. The molecule has 7 heteroatoms. The molecule has 3 aromatic rings. The van der Waals surface area contributed by atoms with Crippen LogP contribution in [-0.4, -0.2) is 27.6 Å². The highest BCUT2D eigenvalue weighted by molar-refractivity contribution is 6.33. The summed E-state index contributed by atoms with van der Waals surface area (Å²) in [7, 11) is 0. The van der Waals surface area contributed by atoms with Gasteiger partial charge in [0.25, 0.3) is 0 Å². The van der Waals surface area contributed by atoms with Gasteiger partial charge in [-0.3, -0.25) is 0 Å². The summed E-state index contributed by atoms with van der Waals surface area (Å²) in [5.41, 5.74) is 2.61. The van der Waals surface area contributed by atoms with Crippen molar-refractivity contribution in [1.29, 1.82) is 0 Å². The predicted octanol–water partition coefficient (Wildman–Crippen LogP) is 5.07. The number of carbonyl (C=O) groups excluding carboxylic acids is 1. The highest BCUT2D eigenvalue weighted by atomic mass is 35.5. The van der Waals surface area contributed by atoms with Crippen molar-refractivity contribution in [3.05, 3.63) is 65.0 Å². The van der Waals surface area contributed by atoms with Crippen LogP contribution >= 0.6 is 11.6 Å². The Morgan fingerprint density at radius 3 is 2.93 bits per heavy atom. The molecule has 1 fully saturated rings. The first-order valence-electron chi connectivity index (χ1n) is 8.84. The van der Waals surface area contributed by atoms with Crippen LogP contribution in [0.4, 0.5) is 10.5 Å².